The third kappa shape index (κ3) is 4.93. The first-order valence-electron chi connectivity index (χ1n) is 12.3. The minimum Gasteiger partial charge on any atom is -0.494 e. The summed E-state index contributed by atoms with van der Waals surface area (Å²) in [5.74, 6) is 1.43. The number of carbonyl (C=O) groups excluding carboxylic acids is 1. The van der Waals surface area contributed by atoms with E-state index in [-0.39, 0.29) is 11.9 Å². The molecule has 34 heavy (non-hydrogen) atoms. The van der Waals surface area contributed by atoms with Crippen molar-refractivity contribution in [3.05, 3.63) is 47.8 Å². The summed E-state index contributed by atoms with van der Waals surface area (Å²) in [6, 6.07) is 9.86. The molecule has 1 aliphatic rings. The lowest BCUT2D eigenvalue weighted by Crippen LogP contribution is -2.43. The molecule has 0 bridgehead atoms. The molecular weight excluding hydrogens is 428 g/mol. The highest BCUT2D eigenvalue weighted by atomic mass is 16.5. The molecule has 1 fully saturated rings. The van der Waals surface area contributed by atoms with Crippen LogP contribution in [0.3, 0.4) is 0 Å². The van der Waals surface area contributed by atoms with E-state index in [1.807, 2.05) is 56.0 Å². The van der Waals surface area contributed by atoms with Gasteiger partial charge in [0.2, 0.25) is 0 Å². The Kier molecular flexibility index (Phi) is 7.50. The predicted molar refractivity (Wildman–Crippen MR) is 135 cm³/mol. The molecule has 3 aromatic rings. The predicted octanol–water partition coefficient (Wildman–Crippen LogP) is 5.88. The number of aryl methyl sites for hydroxylation is 1. The molecule has 2 aromatic heterocycles. The van der Waals surface area contributed by atoms with E-state index in [1.54, 1.807) is 6.20 Å². The summed E-state index contributed by atoms with van der Waals surface area (Å²) < 4.78 is 11.6. The molecule has 1 atom stereocenters. The largest absolute Gasteiger partial charge is 0.494 e. The number of benzene rings is 1. The first-order chi connectivity index (χ1) is 16.5. The number of fused-ring (bicyclic) bond motifs is 1. The van der Waals surface area contributed by atoms with Crippen molar-refractivity contribution in [1.82, 2.24) is 14.9 Å². The van der Waals surface area contributed by atoms with Gasteiger partial charge in [0.15, 0.2) is 5.65 Å². The monoisotopic (exact) mass is 462 g/mol. The second-order valence-electron chi connectivity index (χ2n) is 8.58. The van der Waals surface area contributed by atoms with Crippen LogP contribution in [0.2, 0.25) is 0 Å². The number of hydrogen-bond donors (Lipinski definition) is 1. The van der Waals surface area contributed by atoms with Gasteiger partial charge in [-0.1, -0.05) is 6.92 Å². The van der Waals surface area contributed by atoms with Gasteiger partial charge in [0.1, 0.15) is 11.5 Å². The summed E-state index contributed by atoms with van der Waals surface area (Å²) in [5, 5.41) is 4.30. The number of carbonyl (C=O) groups is 1. The van der Waals surface area contributed by atoms with Crippen molar-refractivity contribution in [2.45, 2.75) is 59.4 Å². The first kappa shape index (κ1) is 23.8. The lowest BCUT2D eigenvalue weighted by atomic mass is 9.98. The number of rotatable bonds is 8. The van der Waals surface area contributed by atoms with E-state index in [4.69, 9.17) is 9.47 Å². The van der Waals surface area contributed by atoms with Crippen LogP contribution in [0.25, 0.3) is 11.0 Å². The normalized spacial score (nSPS) is 15.9. The van der Waals surface area contributed by atoms with Gasteiger partial charge in [-0.25, -0.2) is 9.97 Å². The van der Waals surface area contributed by atoms with Gasteiger partial charge < -0.3 is 19.7 Å². The van der Waals surface area contributed by atoms with Crippen LogP contribution in [0.5, 0.6) is 11.5 Å². The maximum absolute atomic E-state index is 13.8. The summed E-state index contributed by atoms with van der Waals surface area (Å²) in [6.07, 6.45) is 5.83. The molecule has 7 nitrogen and oxygen atoms in total. The number of hydrogen-bond acceptors (Lipinski definition) is 6. The molecule has 0 saturated carbocycles. The number of nitrogens with one attached hydrogen (secondary N) is 1. The van der Waals surface area contributed by atoms with E-state index < -0.39 is 0 Å². The van der Waals surface area contributed by atoms with E-state index in [0.717, 1.165) is 54.7 Å². The number of piperidine rings is 1. The molecule has 1 saturated heterocycles. The van der Waals surface area contributed by atoms with Crippen molar-refractivity contribution in [2.75, 3.05) is 25.1 Å². The van der Waals surface area contributed by atoms with Crippen LogP contribution in [-0.2, 0) is 0 Å². The molecule has 3 heterocycles. The van der Waals surface area contributed by atoms with Gasteiger partial charge in [0.25, 0.3) is 5.91 Å². The third-order valence-electron chi connectivity index (χ3n) is 6.28. The Balaban J connectivity index is 1.84. The van der Waals surface area contributed by atoms with Gasteiger partial charge in [0.05, 0.1) is 30.2 Å². The molecule has 180 valence electrons. The molecule has 1 unspecified atom stereocenters. The summed E-state index contributed by atoms with van der Waals surface area (Å²) in [4.78, 5) is 25.0. The van der Waals surface area contributed by atoms with E-state index >= 15 is 0 Å². The first-order valence-corrected chi connectivity index (χ1v) is 12.3. The summed E-state index contributed by atoms with van der Waals surface area (Å²) >= 11 is 0. The quantitative estimate of drug-likeness (QED) is 0.450. The number of ether oxygens (including phenoxy) is 2. The highest BCUT2D eigenvalue weighted by molar-refractivity contribution is 6.07. The van der Waals surface area contributed by atoms with Crippen LogP contribution in [0.4, 0.5) is 11.4 Å². The number of aromatic nitrogens is 2. The molecule has 4 rings (SSSR count). The Morgan fingerprint density at radius 2 is 1.94 bits per heavy atom. The van der Waals surface area contributed by atoms with Crippen molar-refractivity contribution >= 4 is 28.3 Å². The van der Waals surface area contributed by atoms with Crippen LogP contribution in [0.1, 0.15) is 62.5 Å². The standard InChI is InChI=1S/C27H34N4O3/c1-5-19-10-8-9-15-31(19)27(32)22-17-28-26-21(13-11-18(4)29-26)25(22)30-23-16-20(33-6-2)12-14-24(23)34-7-3/h11-14,16-17,19H,5-10,15H2,1-4H3,(H,28,29,30). The smallest absolute Gasteiger partial charge is 0.257 e. The number of nitrogens with zero attached hydrogens (tertiary/aromatic N) is 3. The zero-order valence-electron chi connectivity index (χ0n) is 20.6. The molecule has 1 amide bonds. The topological polar surface area (TPSA) is 76.6 Å². The van der Waals surface area contributed by atoms with Crippen molar-refractivity contribution in [3.63, 3.8) is 0 Å². The van der Waals surface area contributed by atoms with E-state index in [9.17, 15) is 4.79 Å². The fourth-order valence-electron chi connectivity index (χ4n) is 4.60. The summed E-state index contributed by atoms with van der Waals surface area (Å²) in [5.41, 5.74) is 3.45. The van der Waals surface area contributed by atoms with Gasteiger partial charge in [-0.05, 0) is 70.7 Å². The van der Waals surface area contributed by atoms with Crippen molar-refractivity contribution in [2.24, 2.45) is 0 Å². The average molecular weight is 463 g/mol. The Labute approximate surface area is 201 Å². The lowest BCUT2D eigenvalue weighted by molar-refractivity contribution is 0.0609. The van der Waals surface area contributed by atoms with Crippen LogP contribution < -0.4 is 14.8 Å². The minimum atomic E-state index is 0.00273. The molecule has 7 heteroatoms. The Morgan fingerprint density at radius 1 is 1.12 bits per heavy atom. The van der Waals surface area contributed by atoms with Gasteiger partial charge in [0, 0.05) is 35.9 Å². The zero-order valence-corrected chi connectivity index (χ0v) is 20.6. The van der Waals surface area contributed by atoms with Gasteiger partial charge >= 0.3 is 0 Å². The van der Waals surface area contributed by atoms with Crippen LogP contribution in [0, 0.1) is 6.92 Å². The number of anilines is 2. The highest BCUT2D eigenvalue weighted by Gasteiger charge is 2.29. The Hall–Kier alpha value is -3.35. The fourth-order valence-corrected chi connectivity index (χ4v) is 4.60. The van der Waals surface area contributed by atoms with E-state index in [0.29, 0.717) is 35.9 Å². The number of likely N-dealkylation sites (tertiary alicyclic amines) is 1. The summed E-state index contributed by atoms with van der Waals surface area (Å²) in [6.45, 7) is 9.84. The van der Waals surface area contributed by atoms with E-state index in [2.05, 4.69) is 22.2 Å². The Bertz CT molecular complexity index is 1160. The second kappa shape index (κ2) is 10.7. The molecule has 0 spiro atoms. The SMILES string of the molecule is CCOc1ccc(OCC)c(Nc2c(C(=O)N3CCCCC3CC)cnc3nc(C)ccc23)c1. The van der Waals surface area contributed by atoms with Crippen molar-refractivity contribution in [3.8, 4) is 11.5 Å². The molecule has 0 aliphatic carbocycles. The molecule has 0 radical (unpaired) electrons. The Morgan fingerprint density at radius 3 is 2.71 bits per heavy atom. The molecule has 1 aliphatic heterocycles. The van der Waals surface area contributed by atoms with Gasteiger partial charge in [-0.2, -0.15) is 0 Å². The van der Waals surface area contributed by atoms with Crippen molar-refractivity contribution in [1.29, 1.82) is 0 Å². The van der Waals surface area contributed by atoms with Gasteiger partial charge in [-0.15, -0.1) is 0 Å². The maximum atomic E-state index is 13.8. The zero-order chi connectivity index (χ0) is 24.1. The second-order valence-corrected chi connectivity index (χ2v) is 8.58. The summed E-state index contributed by atoms with van der Waals surface area (Å²) in [7, 11) is 0. The molecular formula is C27H34N4O3. The van der Waals surface area contributed by atoms with Crippen molar-refractivity contribution < 1.29 is 14.3 Å². The minimum absolute atomic E-state index is 0.00273. The number of amides is 1. The third-order valence-corrected chi connectivity index (χ3v) is 6.28. The maximum Gasteiger partial charge on any atom is 0.257 e. The lowest BCUT2D eigenvalue weighted by Gasteiger charge is -2.35. The molecule has 1 N–H and O–H groups in total. The van der Waals surface area contributed by atoms with Gasteiger partial charge in [-0.3, -0.25) is 4.79 Å². The number of pyridine rings is 2. The van der Waals surface area contributed by atoms with E-state index in [1.165, 1.54) is 0 Å². The average Bonchev–Trinajstić information content (AvgIpc) is 2.85. The van der Waals surface area contributed by atoms with Crippen LogP contribution >= 0.6 is 0 Å². The van der Waals surface area contributed by atoms with Crippen LogP contribution in [-0.4, -0.2) is 46.6 Å². The highest BCUT2D eigenvalue weighted by Crippen LogP contribution is 2.36. The molecule has 1 aromatic carbocycles. The van der Waals surface area contributed by atoms with Crippen LogP contribution in [0.15, 0.2) is 36.5 Å². The fraction of sp³-hybridized carbons (Fsp3) is 0.444.